The van der Waals surface area contributed by atoms with E-state index >= 15 is 0 Å². The molecule has 1 atom stereocenters. The molecular weight excluding hydrogens is 434 g/mol. The Morgan fingerprint density at radius 2 is 2.00 bits per heavy atom. The standard InChI is InChI=1S/C24H26ClNO4S/c1-14-13-26-23(31-14)20(11-22(27)28)17-8-16(9-18(25)10-17)19-7-15(12-24(2,3)29)5-6-21(19)30-4/h5-10,13,20,29H,11-12H2,1-4H3,(H,27,28). The Balaban J connectivity index is 2.11. The molecule has 1 aromatic heterocycles. The molecule has 3 rings (SSSR count). The molecule has 5 nitrogen and oxygen atoms in total. The maximum atomic E-state index is 11.6. The Morgan fingerprint density at radius 3 is 2.58 bits per heavy atom. The number of rotatable bonds is 8. The minimum atomic E-state index is -0.899. The van der Waals surface area contributed by atoms with Crippen LogP contribution < -0.4 is 4.74 Å². The number of methoxy groups -OCH3 is 1. The summed E-state index contributed by atoms with van der Waals surface area (Å²) in [5.41, 5.74) is 2.55. The van der Waals surface area contributed by atoms with Crippen LogP contribution in [0.1, 0.15) is 47.2 Å². The number of carboxylic acid groups (broad SMARTS) is 1. The highest BCUT2D eigenvalue weighted by Crippen LogP contribution is 2.38. The third-order valence-electron chi connectivity index (χ3n) is 4.85. The fraction of sp³-hybridized carbons (Fsp3) is 0.333. The molecule has 0 aliphatic carbocycles. The summed E-state index contributed by atoms with van der Waals surface area (Å²) in [5, 5.41) is 21.0. The normalized spacial score (nSPS) is 12.6. The highest BCUT2D eigenvalue weighted by Gasteiger charge is 2.23. The SMILES string of the molecule is COc1ccc(CC(C)(C)O)cc1-c1cc(Cl)cc(C(CC(=O)O)c2ncc(C)s2)c1. The molecule has 1 unspecified atom stereocenters. The van der Waals surface area contributed by atoms with Gasteiger partial charge in [0, 0.05) is 34.0 Å². The predicted molar refractivity (Wildman–Crippen MR) is 124 cm³/mol. The average molecular weight is 460 g/mol. The molecule has 1 heterocycles. The molecule has 0 spiro atoms. The van der Waals surface area contributed by atoms with Gasteiger partial charge in [-0.1, -0.05) is 23.7 Å². The molecule has 2 aromatic carbocycles. The number of aromatic nitrogens is 1. The van der Waals surface area contributed by atoms with Crippen LogP contribution in [0.4, 0.5) is 0 Å². The van der Waals surface area contributed by atoms with Crippen molar-refractivity contribution in [3.63, 3.8) is 0 Å². The summed E-state index contributed by atoms with van der Waals surface area (Å²) in [7, 11) is 1.60. The lowest BCUT2D eigenvalue weighted by atomic mass is 9.91. The molecule has 0 saturated heterocycles. The highest BCUT2D eigenvalue weighted by molar-refractivity contribution is 7.11. The molecule has 7 heteroatoms. The summed E-state index contributed by atoms with van der Waals surface area (Å²) in [4.78, 5) is 17.0. The first-order valence-electron chi connectivity index (χ1n) is 9.90. The van der Waals surface area contributed by atoms with E-state index in [1.54, 1.807) is 33.2 Å². The van der Waals surface area contributed by atoms with Crippen LogP contribution in [0.15, 0.2) is 42.6 Å². The zero-order chi connectivity index (χ0) is 22.8. The monoisotopic (exact) mass is 459 g/mol. The van der Waals surface area contributed by atoms with E-state index in [1.165, 1.54) is 11.3 Å². The lowest BCUT2D eigenvalue weighted by Gasteiger charge is -2.19. The summed E-state index contributed by atoms with van der Waals surface area (Å²) >= 11 is 7.96. The number of aliphatic carboxylic acids is 1. The van der Waals surface area contributed by atoms with Crippen molar-refractivity contribution >= 4 is 28.9 Å². The van der Waals surface area contributed by atoms with Crippen LogP contribution in [-0.2, 0) is 11.2 Å². The number of hydrogen-bond donors (Lipinski definition) is 2. The Hall–Kier alpha value is -2.41. The number of aliphatic hydroxyl groups is 1. The smallest absolute Gasteiger partial charge is 0.304 e. The number of thiazole rings is 1. The van der Waals surface area contributed by atoms with Crippen LogP contribution >= 0.6 is 22.9 Å². The van der Waals surface area contributed by atoms with Gasteiger partial charge in [0.05, 0.1) is 19.1 Å². The Kier molecular flexibility index (Phi) is 7.04. The molecular formula is C24H26ClNO4S. The van der Waals surface area contributed by atoms with Crippen molar-refractivity contribution in [3.8, 4) is 16.9 Å². The number of halogens is 1. The number of ether oxygens (including phenoxy) is 1. The molecule has 164 valence electrons. The van der Waals surface area contributed by atoms with Gasteiger partial charge in [-0.05, 0) is 61.7 Å². The molecule has 0 aliphatic rings. The first-order valence-corrected chi connectivity index (χ1v) is 11.1. The maximum Gasteiger partial charge on any atom is 0.304 e. The fourth-order valence-electron chi connectivity index (χ4n) is 3.61. The van der Waals surface area contributed by atoms with Crippen molar-refractivity contribution in [2.75, 3.05) is 7.11 Å². The number of benzene rings is 2. The number of carbonyl (C=O) groups is 1. The van der Waals surface area contributed by atoms with Gasteiger partial charge in [0.2, 0.25) is 0 Å². The van der Waals surface area contributed by atoms with Gasteiger partial charge in [-0.2, -0.15) is 0 Å². The second kappa shape index (κ2) is 9.39. The molecule has 0 aliphatic heterocycles. The second-order valence-corrected chi connectivity index (χ2v) is 9.96. The van der Waals surface area contributed by atoms with Gasteiger partial charge in [-0.15, -0.1) is 11.3 Å². The lowest BCUT2D eigenvalue weighted by molar-refractivity contribution is -0.137. The van der Waals surface area contributed by atoms with E-state index in [4.69, 9.17) is 16.3 Å². The number of nitrogens with zero attached hydrogens (tertiary/aromatic N) is 1. The van der Waals surface area contributed by atoms with Gasteiger partial charge < -0.3 is 14.9 Å². The number of carboxylic acids is 1. The summed E-state index contributed by atoms with van der Waals surface area (Å²) in [6, 6.07) is 11.4. The zero-order valence-corrected chi connectivity index (χ0v) is 19.5. The zero-order valence-electron chi connectivity index (χ0n) is 18.0. The Bertz CT molecular complexity index is 1090. The fourth-order valence-corrected chi connectivity index (χ4v) is 4.76. The van der Waals surface area contributed by atoms with Gasteiger partial charge in [-0.25, -0.2) is 4.98 Å². The quantitative estimate of drug-likeness (QED) is 0.451. The maximum absolute atomic E-state index is 11.6. The Labute approximate surface area is 191 Å². The molecule has 31 heavy (non-hydrogen) atoms. The number of aryl methyl sites for hydroxylation is 1. The van der Waals surface area contributed by atoms with Gasteiger partial charge in [0.1, 0.15) is 10.8 Å². The summed E-state index contributed by atoms with van der Waals surface area (Å²) in [6.45, 7) is 5.48. The predicted octanol–water partition coefficient (Wildman–Crippen LogP) is 5.70. The van der Waals surface area contributed by atoms with Crippen molar-refractivity contribution in [1.82, 2.24) is 4.98 Å². The van der Waals surface area contributed by atoms with E-state index < -0.39 is 17.5 Å². The van der Waals surface area contributed by atoms with Crippen molar-refractivity contribution in [2.24, 2.45) is 0 Å². The van der Waals surface area contributed by atoms with Crippen molar-refractivity contribution in [2.45, 2.75) is 45.1 Å². The van der Waals surface area contributed by atoms with Gasteiger partial charge in [-0.3, -0.25) is 4.79 Å². The molecule has 0 fully saturated rings. The van der Waals surface area contributed by atoms with Crippen LogP contribution in [0.5, 0.6) is 5.75 Å². The first-order chi connectivity index (χ1) is 14.6. The Morgan fingerprint density at radius 1 is 1.26 bits per heavy atom. The second-order valence-electron chi connectivity index (χ2n) is 8.26. The van der Waals surface area contributed by atoms with Gasteiger partial charge in [0.15, 0.2) is 0 Å². The minimum absolute atomic E-state index is 0.0807. The molecule has 2 N–H and O–H groups in total. The van der Waals surface area contributed by atoms with Gasteiger partial charge in [0.25, 0.3) is 0 Å². The first kappa shape index (κ1) is 23.3. The minimum Gasteiger partial charge on any atom is -0.496 e. The van der Waals surface area contributed by atoms with Crippen LogP contribution in [0, 0.1) is 6.92 Å². The van der Waals surface area contributed by atoms with Crippen LogP contribution in [0.3, 0.4) is 0 Å². The van der Waals surface area contributed by atoms with Crippen molar-refractivity contribution < 1.29 is 19.7 Å². The van der Waals surface area contributed by atoms with Crippen LogP contribution in [0.25, 0.3) is 11.1 Å². The van der Waals surface area contributed by atoms with Crippen molar-refractivity contribution in [1.29, 1.82) is 0 Å². The molecule has 0 bridgehead atoms. The van der Waals surface area contributed by atoms with Crippen LogP contribution in [0.2, 0.25) is 5.02 Å². The van der Waals surface area contributed by atoms with E-state index in [9.17, 15) is 15.0 Å². The molecule has 3 aromatic rings. The largest absolute Gasteiger partial charge is 0.496 e. The average Bonchev–Trinajstić information content (AvgIpc) is 3.10. The third-order valence-corrected chi connectivity index (χ3v) is 6.09. The third kappa shape index (κ3) is 6.06. The van der Waals surface area contributed by atoms with E-state index in [0.717, 1.165) is 32.1 Å². The summed E-state index contributed by atoms with van der Waals surface area (Å²) < 4.78 is 5.57. The topological polar surface area (TPSA) is 79.7 Å². The number of hydrogen-bond acceptors (Lipinski definition) is 5. The van der Waals surface area contributed by atoms with Crippen molar-refractivity contribution in [3.05, 3.63) is 68.6 Å². The van der Waals surface area contributed by atoms with E-state index in [2.05, 4.69) is 4.98 Å². The lowest BCUT2D eigenvalue weighted by Crippen LogP contribution is -2.21. The van der Waals surface area contributed by atoms with Crippen LogP contribution in [-0.4, -0.2) is 33.9 Å². The van der Waals surface area contributed by atoms with E-state index in [-0.39, 0.29) is 6.42 Å². The van der Waals surface area contributed by atoms with E-state index in [1.807, 2.05) is 37.3 Å². The van der Waals surface area contributed by atoms with E-state index in [0.29, 0.717) is 17.2 Å². The molecule has 0 radical (unpaired) electrons. The summed E-state index contributed by atoms with van der Waals surface area (Å²) in [5.74, 6) is -0.629. The van der Waals surface area contributed by atoms with Gasteiger partial charge >= 0.3 is 5.97 Å². The highest BCUT2D eigenvalue weighted by atomic mass is 35.5. The summed E-state index contributed by atoms with van der Waals surface area (Å²) in [6.07, 6.45) is 2.16. The molecule has 0 saturated carbocycles. The molecule has 0 amide bonds.